The summed E-state index contributed by atoms with van der Waals surface area (Å²) in [4.78, 5) is 0.210. The van der Waals surface area contributed by atoms with Crippen LogP contribution in [-0.2, 0) is 10.0 Å². The number of rotatable bonds is 4. The van der Waals surface area contributed by atoms with Gasteiger partial charge in [-0.2, -0.15) is 13.1 Å². The number of hydrogen-bond donors (Lipinski definition) is 0. The maximum absolute atomic E-state index is 13.3. The highest BCUT2D eigenvalue weighted by molar-refractivity contribution is 7.89. The van der Waals surface area contributed by atoms with Crippen LogP contribution in [-0.4, -0.2) is 42.8 Å². The van der Waals surface area contributed by atoms with Gasteiger partial charge in [-0.05, 0) is 38.8 Å². The summed E-state index contributed by atoms with van der Waals surface area (Å²) in [5.74, 6) is 0.694. The number of nitrogens with zero attached hydrogens (tertiary/aromatic N) is 6. The molecule has 1 unspecified atom stereocenters. The lowest BCUT2D eigenvalue weighted by Gasteiger charge is -2.24. The van der Waals surface area contributed by atoms with Crippen LogP contribution in [0.2, 0.25) is 0 Å². The third-order valence-corrected chi connectivity index (χ3v) is 6.98. The minimum absolute atomic E-state index is 0.168. The van der Waals surface area contributed by atoms with Crippen LogP contribution >= 0.6 is 11.7 Å². The second kappa shape index (κ2) is 6.11. The fourth-order valence-electron chi connectivity index (χ4n) is 3.29. The summed E-state index contributed by atoms with van der Waals surface area (Å²) in [6.45, 7) is 4.52. The Balaban J connectivity index is 1.79. The quantitative estimate of drug-likeness (QED) is 0.692. The molecular formula is C15H18N6O2S2. The topological polar surface area (TPSA) is 93.9 Å². The maximum Gasteiger partial charge on any atom is 0.246 e. The predicted molar refractivity (Wildman–Crippen MR) is 93.7 cm³/mol. The van der Waals surface area contributed by atoms with E-state index in [1.54, 1.807) is 24.5 Å². The number of fused-ring (bicyclic) bond motifs is 1. The van der Waals surface area contributed by atoms with E-state index in [0.29, 0.717) is 23.4 Å². The van der Waals surface area contributed by atoms with E-state index in [2.05, 4.69) is 18.9 Å². The van der Waals surface area contributed by atoms with Crippen molar-refractivity contribution in [1.82, 2.24) is 27.8 Å². The number of benzene rings is 1. The predicted octanol–water partition coefficient (Wildman–Crippen LogP) is 2.39. The first-order valence-electron chi connectivity index (χ1n) is 8.12. The summed E-state index contributed by atoms with van der Waals surface area (Å²) >= 11 is 1.02. The molecule has 0 N–H and O–H groups in total. The lowest BCUT2D eigenvalue weighted by molar-refractivity contribution is 0.366. The molecule has 1 atom stereocenters. The van der Waals surface area contributed by atoms with Gasteiger partial charge in [0.15, 0.2) is 5.82 Å². The molecule has 2 aromatic heterocycles. The number of hydrogen-bond acceptors (Lipinski definition) is 7. The Morgan fingerprint density at radius 1 is 1.28 bits per heavy atom. The summed E-state index contributed by atoms with van der Waals surface area (Å²) in [5, 5.41) is 8.20. The highest BCUT2D eigenvalue weighted by atomic mass is 32.2. The second-order valence-electron chi connectivity index (χ2n) is 6.35. The lowest BCUT2D eigenvalue weighted by atomic mass is 10.2. The van der Waals surface area contributed by atoms with Crippen molar-refractivity contribution >= 4 is 32.8 Å². The van der Waals surface area contributed by atoms with Crippen molar-refractivity contribution in [3.63, 3.8) is 0 Å². The van der Waals surface area contributed by atoms with Gasteiger partial charge in [-0.3, -0.25) is 0 Å². The van der Waals surface area contributed by atoms with Gasteiger partial charge < -0.3 is 4.57 Å². The highest BCUT2D eigenvalue weighted by Gasteiger charge is 2.40. The molecule has 10 heteroatoms. The van der Waals surface area contributed by atoms with Crippen LogP contribution < -0.4 is 0 Å². The molecule has 0 aliphatic carbocycles. The first-order chi connectivity index (χ1) is 12.0. The number of sulfonamides is 1. The molecule has 1 aliphatic rings. The van der Waals surface area contributed by atoms with E-state index in [0.717, 1.165) is 24.6 Å². The molecule has 1 fully saturated rings. The van der Waals surface area contributed by atoms with E-state index in [9.17, 15) is 8.42 Å². The SMILES string of the molecule is CC(C)n1cnnc1C1CCCN1S(=O)(=O)c1cccc2nsnc12. The Hall–Kier alpha value is -1.91. The molecule has 1 aromatic carbocycles. The van der Waals surface area contributed by atoms with Gasteiger partial charge in [0.05, 0.1) is 17.8 Å². The molecule has 0 radical (unpaired) electrons. The summed E-state index contributed by atoms with van der Waals surface area (Å²) < 4.78 is 38.5. The highest BCUT2D eigenvalue weighted by Crippen LogP contribution is 2.37. The van der Waals surface area contributed by atoms with Crippen molar-refractivity contribution < 1.29 is 8.42 Å². The van der Waals surface area contributed by atoms with Gasteiger partial charge in [-0.1, -0.05) is 6.07 Å². The average molecular weight is 378 g/mol. The van der Waals surface area contributed by atoms with Crippen molar-refractivity contribution in [3.8, 4) is 0 Å². The molecule has 1 aliphatic heterocycles. The van der Waals surface area contributed by atoms with Crippen LogP contribution in [0.4, 0.5) is 0 Å². The van der Waals surface area contributed by atoms with E-state index in [-0.39, 0.29) is 17.0 Å². The number of aromatic nitrogens is 5. The Kier molecular flexibility index (Phi) is 4.05. The molecule has 3 aromatic rings. The van der Waals surface area contributed by atoms with Crippen LogP contribution in [0.3, 0.4) is 0 Å². The molecule has 8 nitrogen and oxygen atoms in total. The monoisotopic (exact) mass is 378 g/mol. The van der Waals surface area contributed by atoms with Crippen LogP contribution in [0.5, 0.6) is 0 Å². The van der Waals surface area contributed by atoms with Gasteiger partial charge in [0.2, 0.25) is 10.0 Å². The summed E-state index contributed by atoms with van der Waals surface area (Å²) in [6, 6.07) is 4.94. The van der Waals surface area contributed by atoms with E-state index in [1.807, 2.05) is 18.4 Å². The van der Waals surface area contributed by atoms with Crippen molar-refractivity contribution in [2.24, 2.45) is 0 Å². The van der Waals surface area contributed by atoms with Gasteiger partial charge in [0, 0.05) is 12.6 Å². The molecule has 0 amide bonds. The van der Waals surface area contributed by atoms with Gasteiger partial charge in [-0.15, -0.1) is 10.2 Å². The van der Waals surface area contributed by atoms with Crippen LogP contribution in [0.25, 0.3) is 11.0 Å². The van der Waals surface area contributed by atoms with Crippen LogP contribution in [0, 0.1) is 0 Å². The zero-order valence-corrected chi connectivity index (χ0v) is 15.5. The molecule has 1 saturated heterocycles. The average Bonchev–Trinajstić information content (AvgIpc) is 3.31. The van der Waals surface area contributed by atoms with Crippen molar-refractivity contribution in [1.29, 1.82) is 0 Å². The summed E-state index contributed by atoms with van der Waals surface area (Å²) in [7, 11) is -3.70. The second-order valence-corrected chi connectivity index (χ2v) is 8.74. The van der Waals surface area contributed by atoms with Crippen molar-refractivity contribution in [3.05, 3.63) is 30.4 Å². The molecular weight excluding hydrogens is 360 g/mol. The standard InChI is InChI=1S/C15H18N6O2S2/c1-10(2)20-9-16-17-15(20)12-6-4-8-21(12)25(22,23)13-7-3-5-11-14(13)19-24-18-11/h3,5,7,9-10,12H,4,6,8H2,1-2H3. The Morgan fingerprint density at radius 3 is 2.92 bits per heavy atom. The molecule has 0 saturated carbocycles. The molecule has 0 spiro atoms. The minimum atomic E-state index is -3.70. The maximum atomic E-state index is 13.3. The zero-order valence-electron chi connectivity index (χ0n) is 13.9. The summed E-state index contributed by atoms with van der Waals surface area (Å²) in [5.41, 5.74) is 1.04. The third kappa shape index (κ3) is 2.64. The lowest BCUT2D eigenvalue weighted by Crippen LogP contribution is -2.32. The zero-order chi connectivity index (χ0) is 17.6. The van der Waals surface area contributed by atoms with E-state index < -0.39 is 10.0 Å². The molecule has 25 heavy (non-hydrogen) atoms. The van der Waals surface area contributed by atoms with Crippen molar-refractivity contribution in [2.45, 2.75) is 43.7 Å². The van der Waals surface area contributed by atoms with Crippen molar-refractivity contribution in [2.75, 3.05) is 6.54 Å². The van der Waals surface area contributed by atoms with Gasteiger partial charge in [0.1, 0.15) is 22.3 Å². The Morgan fingerprint density at radius 2 is 2.12 bits per heavy atom. The van der Waals surface area contributed by atoms with E-state index >= 15 is 0 Å². The van der Waals surface area contributed by atoms with Gasteiger partial charge in [0.25, 0.3) is 0 Å². The van der Waals surface area contributed by atoms with Crippen LogP contribution in [0.15, 0.2) is 29.4 Å². The molecule has 4 rings (SSSR count). The molecule has 0 bridgehead atoms. The Bertz CT molecular complexity index is 1010. The minimum Gasteiger partial charge on any atom is -0.314 e. The third-order valence-electron chi connectivity index (χ3n) is 4.49. The van der Waals surface area contributed by atoms with Gasteiger partial charge in [-0.25, -0.2) is 8.42 Å². The first kappa shape index (κ1) is 16.6. The summed E-state index contributed by atoms with van der Waals surface area (Å²) in [6.07, 6.45) is 3.18. The van der Waals surface area contributed by atoms with Gasteiger partial charge >= 0.3 is 0 Å². The largest absolute Gasteiger partial charge is 0.314 e. The smallest absolute Gasteiger partial charge is 0.246 e. The molecule has 3 heterocycles. The van der Waals surface area contributed by atoms with E-state index in [4.69, 9.17) is 0 Å². The first-order valence-corrected chi connectivity index (χ1v) is 10.3. The normalized spacial score (nSPS) is 19.2. The van der Waals surface area contributed by atoms with Crippen LogP contribution in [0.1, 0.15) is 44.6 Å². The molecule has 132 valence electrons. The fourth-order valence-corrected chi connectivity index (χ4v) is 5.70. The Labute approximate surface area is 149 Å². The fraction of sp³-hybridized carbons (Fsp3) is 0.467. The van der Waals surface area contributed by atoms with E-state index in [1.165, 1.54) is 4.31 Å².